The quantitative estimate of drug-likeness (QED) is 0.818. The molecule has 1 aromatic carbocycles. The lowest BCUT2D eigenvalue weighted by Crippen LogP contribution is -2.36. The topological polar surface area (TPSA) is 95.9 Å². The first kappa shape index (κ1) is 17.0. The van der Waals surface area contributed by atoms with E-state index in [4.69, 9.17) is 0 Å². The minimum atomic E-state index is -0.924. The highest BCUT2D eigenvalue weighted by molar-refractivity contribution is 5.96. The summed E-state index contributed by atoms with van der Waals surface area (Å²) in [4.78, 5) is 36.9. The fraction of sp³-hybridized carbons (Fsp3) is 0.389. The molecule has 0 heterocycles. The zero-order valence-electron chi connectivity index (χ0n) is 14.0. The minimum Gasteiger partial charge on any atom is -0.481 e. The van der Waals surface area contributed by atoms with Gasteiger partial charge in [0.1, 0.15) is 0 Å². The Hall–Kier alpha value is -2.83. The Bertz CT molecular complexity index is 727. The van der Waals surface area contributed by atoms with Crippen LogP contribution in [0.1, 0.15) is 6.42 Å². The van der Waals surface area contributed by atoms with E-state index < -0.39 is 23.9 Å². The molecule has 4 atom stereocenters. The van der Waals surface area contributed by atoms with E-state index in [9.17, 15) is 19.5 Å². The van der Waals surface area contributed by atoms with Gasteiger partial charge in [-0.15, -0.1) is 0 Å². The Balaban J connectivity index is 1.70. The van der Waals surface area contributed by atoms with E-state index in [1.54, 1.807) is 31.3 Å². The van der Waals surface area contributed by atoms with Crippen molar-refractivity contribution in [3.63, 3.8) is 0 Å². The Kier molecular flexibility index (Phi) is 4.48. The number of allylic oxidation sites excluding steroid dienone is 2. The molecule has 3 rings (SSSR count). The number of hydrogen-bond acceptors (Lipinski definition) is 4. The number of fused-ring (bicyclic) bond motifs is 2. The fourth-order valence-corrected chi connectivity index (χ4v) is 3.75. The maximum absolute atomic E-state index is 12.6. The van der Waals surface area contributed by atoms with E-state index >= 15 is 0 Å². The number of hydrogen-bond donors (Lipinski definition) is 2. The van der Waals surface area contributed by atoms with Gasteiger partial charge in [0.2, 0.25) is 5.91 Å². The second kappa shape index (κ2) is 6.58. The van der Waals surface area contributed by atoms with Crippen LogP contribution >= 0.6 is 0 Å². The molecular weight excluding hydrogens is 324 g/mol. The molecule has 7 heteroatoms. The fourth-order valence-electron chi connectivity index (χ4n) is 3.75. The van der Waals surface area contributed by atoms with Crippen LogP contribution in [0.5, 0.6) is 0 Å². The summed E-state index contributed by atoms with van der Waals surface area (Å²) in [5, 5.41) is 12.2. The number of ether oxygens (including phenoxy) is 1. The number of nitrogens with one attached hydrogen (secondary N) is 1. The Morgan fingerprint density at radius 3 is 2.28 bits per heavy atom. The van der Waals surface area contributed by atoms with Crippen LogP contribution in [-0.4, -0.2) is 37.2 Å². The van der Waals surface area contributed by atoms with E-state index in [1.807, 2.05) is 12.2 Å². The predicted octanol–water partition coefficient (Wildman–Crippen LogP) is 2.35. The maximum atomic E-state index is 12.6. The molecule has 7 nitrogen and oxygen atoms in total. The van der Waals surface area contributed by atoms with E-state index in [2.05, 4.69) is 10.1 Å². The summed E-state index contributed by atoms with van der Waals surface area (Å²) < 4.78 is 4.65. The third-order valence-corrected chi connectivity index (χ3v) is 5.02. The summed E-state index contributed by atoms with van der Waals surface area (Å²) in [6.45, 7) is 0. The molecular formula is C18H20N2O5. The molecule has 2 bridgehead atoms. The van der Waals surface area contributed by atoms with Gasteiger partial charge < -0.3 is 15.2 Å². The normalized spacial score (nSPS) is 26.3. The Morgan fingerprint density at radius 1 is 1.12 bits per heavy atom. The van der Waals surface area contributed by atoms with Crippen molar-refractivity contribution in [2.24, 2.45) is 23.7 Å². The van der Waals surface area contributed by atoms with Crippen LogP contribution in [0.3, 0.4) is 0 Å². The molecule has 0 unspecified atom stereocenters. The molecule has 0 aromatic heterocycles. The number of anilines is 2. The SMILES string of the molecule is COC(=O)N(C)c1ccc(NC(=O)[C@H]2[C@H](C(=O)O)[C@H]3C=C[C@H]2C3)cc1. The van der Waals surface area contributed by atoms with E-state index in [0.717, 1.165) is 6.42 Å². The van der Waals surface area contributed by atoms with Gasteiger partial charge in [0.15, 0.2) is 0 Å². The first-order valence-electron chi connectivity index (χ1n) is 8.06. The van der Waals surface area contributed by atoms with Crippen molar-refractivity contribution in [1.82, 2.24) is 0 Å². The number of aliphatic carboxylic acids is 1. The van der Waals surface area contributed by atoms with Gasteiger partial charge in [-0.3, -0.25) is 14.5 Å². The number of amides is 2. The summed E-state index contributed by atoms with van der Waals surface area (Å²) >= 11 is 0. The summed E-state index contributed by atoms with van der Waals surface area (Å²) in [7, 11) is 2.88. The summed E-state index contributed by atoms with van der Waals surface area (Å²) in [6.07, 6.45) is 4.08. The minimum absolute atomic E-state index is 0.0177. The van der Waals surface area contributed by atoms with Crippen LogP contribution in [0.2, 0.25) is 0 Å². The highest BCUT2D eigenvalue weighted by Gasteiger charge is 2.51. The number of carboxylic acid groups (broad SMARTS) is 1. The third-order valence-electron chi connectivity index (χ3n) is 5.02. The number of rotatable bonds is 4. The highest BCUT2D eigenvalue weighted by atomic mass is 16.5. The molecule has 0 aliphatic heterocycles. The zero-order chi connectivity index (χ0) is 18.1. The summed E-state index contributed by atoms with van der Waals surface area (Å²) in [5.74, 6) is -2.50. The van der Waals surface area contributed by atoms with Gasteiger partial charge in [-0.2, -0.15) is 0 Å². The largest absolute Gasteiger partial charge is 0.481 e. The third kappa shape index (κ3) is 3.09. The molecule has 0 saturated heterocycles. The van der Waals surface area contributed by atoms with Crippen molar-refractivity contribution in [3.8, 4) is 0 Å². The van der Waals surface area contributed by atoms with Crippen LogP contribution in [0.15, 0.2) is 36.4 Å². The second-order valence-electron chi connectivity index (χ2n) is 6.40. The molecule has 2 N–H and O–H groups in total. The first-order chi connectivity index (χ1) is 11.9. The lowest BCUT2D eigenvalue weighted by molar-refractivity contribution is -0.146. The lowest BCUT2D eigenvalue weighted by Gasteiger charge is -2.24. The smallest absolute Gasteiger partial charge is 0.413 e. The molecule has 1 aromatic rings. The van der Waals surface area contributed by atoms with Gasteiger partial charge in [-0.25, -0.2) is 4.79 Å². The van der Waals surface area contributed by atoms with Crippen molar-refractivity contribution in [1.29, 1.82) is 0 Å². The molecule has 2 aliphatic rings. The Morgan fingerprint density at radius 2 is 1.72 bits per heavy atom. The van der Waals surface area contributed by atoms with Crippen LogP contribution in [0.25, 0.3) is 0 Å². The monoisotopic (exact) mass is 344 g/mol. The first-order valence-corrected chi connectivity index (χ1v) is 8.06. The standard InChI is InChI=1S/C18H20N2O5/c1-20(18(24)25-2)13-7-5-12(6-8-13)19-16(21)14-10-3-4-11(9-10)15(14)17(22)23/h3-8,10-11,14-15H,9H2,1-2H3,(H,19,21)(H,22,23)/t10-,11-,14+,15+/m0/s1. The zero-order valence-corrected chi connectivity index (χ0v) is 14.0. The van der Waals surface area contributed by atoms with Crippen molar-refractivity contribution >= 4 is 29.3 Å². The van der Waals surface area contributed by atoms with Crippen molar-refractivity contribution < 1.29 is 24.2 Å². The van der Waals surface area contributed by atoms with Gasteiger partial charge in [0.05, 0.1) is 18.9 Å². The molecule has 2 amide bonds. The molecule has 1 saturated carbocycles. The number of carbonyl (C=O) groups is 3. The maximum Gasteiger partial charge on any atom is 0.413 e. The van der Waals surface area contributed by atoms with Gasteiger partial charge in [-0.05, 0) is 42.5 Å². The summed E-state index contributed by atoms with van der Waals surface area (Å²) in [6, 6.07) is 6.71. The van der Waals surface area contributed by atoms with Crippen LogP contribution in [0.4, 0.5) is 16.2 Å². The van der Waals surface area contributed by atoms with Gasteiger partial charge in [0.25, 0.3) is 0 Å². The Labute approximate surface area is 145 Å². The number of carbonyl (C=O) groups excluding carboxylic acids is 2. The average Bonchev–Trinajstić information content (AvgIpc) is 3.22. The van der Waals surface area contributed by atoms with E-state index in [1.165, 1.54) is 12.0 Å². The molecule has 132 valence electrons. The van der Waals surface area contributed by atoms with E-state index in [0.29, 0.717) is 11.4 Å². The van der Waals surface area contributed by atoms with Crippen molar-refractivity contribution in [2.75, 3.05) is 24.4 Å². The number of benzene rings is 1. The van der Waals surface area contributed by atoms with Crippen LogP contribution in [0, 0.1) is 23.7 Å². The highest BCUT2D eigenvalue weighted by Crippen LogP contribution is 2.48. The second-order valence-corrected chi connectivity index (χ2v) is 6.40. The molecule has 0 radical (unpaired) electrons. The van der Waals surface area contributed by atoms with Crippen molar-refractivity contribution in [3.05, 3.63) is 36.4 Å². The number of nitrogens with zero attached hydrogens (tertiary/aromatic N) is 1. The molecule has 2 aliphatic carbocycles. The van der Waals surface area contributed by atoms with Crippen LogP contribution < -0.4 is 10.2 Å². The average molecular weight is 344 g/mol. The van der Waals surface area contributed by atoms with Gasteiger partial charge in [0, 0.05) is 18.4 Å². The van der Waals surface area contributed by atoms with Gasteiger partial charge >= 0.3 is 12.1 Å². The van der Waals surface area contributed by atoms with Crippen LogP contribution in [-0.2, 0) is 14.3 Å². The molecule has 1 fully saturated rings. The predicted molar refractivity (Wildman–Crippen MR) is 91.2 cm³/mol. The van der Waals surface area contributed by atoms with Gasteiger partial charge in [-0.1, -0.05) is 12.2 Å². The van der Waals surface area contributed by atoms with Crippen molar-refractivity contribution in [2.45, 2.75) is 6.42 Å². The molecule has 0 spiro atoms. The van der Waals surface area contributed by atoms with E-state index in [-0.39, 0.29) is 17.7 Å². The molecule has 25 heavy (non-hydrogen) atoms. The summed E-state index contributed by atoms with van der Waals surface area (Å²) in [5.41, 5.74) is 1.18. The lowest BCUT2D eigenvalue weighted by atomic mass is 9.82. The number of methoxy groups -OCH3 is 1. The number of carboxylic acids is 1.